The first-order valence-corrected chi connectivity index (χ1v) is 5.92. The number of hydrogen-bond acceptors (Lipinski definition) is 5. The highest BCUT2D eigenvalue weighted by molar-refractivity contribution is 5.82. The number of halogens is 3. The lowest BCUT2D eigenvalue weighted by molar-refractivity contribution is -0.180. The number of morpholine rings is 1. The smallest absolute Gasteiger partial charge is 0.379 e. The van der Waals surface area contributed by atoms with E-state index in [1.54, 1.807) is 0 Å². The number of hydrazine groups is 1. The van der Waals surface area contributed by atoms with E-state index in [-0.39, 0.29) is 18.7 Å². The first kappa shape index (κ1) is 13.6. The molecule has 0 aromatic carbocycles. The van der Waals surface area contributed by atoms with E-state index >= 15 is 0 Å². The Labute approximate surface area is 103 Å². The van der Waals surface area contributed by atoms with Crippen molar-refractivity contribution in [2.24, 2.45) is 16.8 Å². The van der Waals surface area contributed by atoms with Crippen molar-refractivity contribution in [3.63, 3.8) is 0 Å². The third-order valence-corrected chi connectivity index (χ3v) is 3.34. The average Bonchev–Trinajstić information content (AvgIpc) is 2.38. The summed E-state index contributed by atoms with van der Waals surface area (Å²) in [5.74, 6) is 4.05. The molecular formula is C10H17F3N4O. The third-order valence-electron chi connectivity index (χ3n) is 3.34. The molecular weight excluding hydrogens is 249 g/mol. The highest BCUT2D eigenvalue weighted by atomic mass is 19.4. The number of amidine groups is 1. The van der Waals surface area contributed by atoms with Gasteiger partial charge in [0, 0.05) is 19.5 Å². The lowest BCUT2D eigenvalue weighted by atomic mass is 9.95. The van der Waals surface area contributed by atoms with Crippen LogP contribution >= 0.6 is 0 Å². The lowest BCUT2D eigenvalue weighted by Gasteiger charge is -2.37. The minimum Gasteiger partial charge on any atom is -0.379 e. The van der Waals surface area contributed by atoms with Crippen molar-refractivity contribution in [2.75, 3.05) is 26.3 Å². The molecule has 0 bridgehead atoms. The van der Waals surface area contributed by atoms with E-state index in [9.17, 15) is 13.2 Å². The van der Waals surface area contributed by atoms with Gasteiger partial charge >= 0.3 is 6.18 Å². The zero-order valence-corrected chi connectivity index (χ0v) is 9.91. The van der Waals surface area contributed by atoms with Crippen molar-refractivity contribution >= 4 is 5.84 Å². The van der Waals surface area contributed by atoms with Crippen LogP contribution in [0.25, 0.3) is 0 Å². The molecule has 2 heterocycles. The predicted molar refractivity (Wildman–Crippen MR) is 59.7 cm³/mol. The normalized spacial score (nSPS) is 31.0. The minimum absolute atomic E-state index is 0.00528. The average molecular weight is 266 g/mol. The Morgan fingerprint density at radius 2 is 2.00 bits per heavy atom. The molecule has 1 fully saturated rings. The largest absolute Gasteiger partial charge is 0.392 e. The fraction of sp³-hybridized carbons (Fsp3) is 0.900. The molecule has 0 spiro atoms. The van der Waals surface area contributed by atoms with Gasteiger partial charge < -0.3 is 10.2 Å². The molecule has 2 aliphatic rings. The van der Waals surface area contributed by atoms with Gasteiger partial charge in [0.05, 0.1) is 19.1 Å². The standard InChI is InChI=1S/C10H17F3N4O/c11-10(12,13)7-5-8(16-14)15-9(6-7)17-1-3-18-4-2-17/h7,9H,1-6,14H2,(H,15,16). The van der Waals surface area contributed by atoms with Gasteiger partial charge in [-0.25, -0.2) is 5.84 Å². The molecule has 0 amide bonds. The van der Waals surface area contributed by atoms with Crippen LogP contribution in [0.4, 0.5) is 13.2 Å². The van der Waals surface area contributed by atoms with Gasteiger partial charge in [0.2, 0.25) is 0 Å². The second kappa shape index (κ2) is 5.41. The molecule has 0 aromatic heterocycles. The van der Waals surface area contributed by atoms with Crippen molar-refractivity contribution in [1.29, 1.82) is 0 Å². The summed E-state index contributed by atoms with van der Waals surface area (Å²) in [6.07, 6.45) is -4.83. The molecule has 2 aliphatic heterocycles. The van der Waals surface area contributed by atoms with Crippen LogP contribution in [0.5, 0.6) is 0 Å². The van der Waals surface area contributed by atoms with Gasteiger partial charge in [-0.2, -0.15) is 13.2 Å². The fourth-order valence-electron chi connectivity index (χ4n) is 2.31. The number of nitrogens with one attached hydrogen (secondary N) is 1. The molecule has 2 rings (SSSR count). The Morgan fingerprint density at radius 3 is 2.56 bits per heavy atom. The first-order valence-electron chi connectivity index (χ1n) is 5.92. The summed E-state index contributed by atoms with van der Waals surface area (Å²) < 4.78 is 43.7. The highest BCUT2D eigenvalue weighted by Gasteiger charge is 2.44. The van der Waals surface area contributed by atoms with Crippen molar-refractivity contribution in [3.8, 4) is 0 Å². The Hall–Kier alpha value is -0.860. The van der Waals surface area contributed by atoms with Gasteiger partial charge in [-0.05, 0) is 6.42 Å². The summed E-state index contributed by atoms with van der Waals surface area (Å²) in [4.78, 5) is 6.15. The highest BCUT2D eigenvalue weighted by Crippen LogP contribution is 2.36. The number of hydrogen-bond donors (Lipinski definition) is 2. The van der Waals surface area contributed by atoms with E-state index in [4.69, 9.17) is 10.6 Å². The van der Waals surface area contributed by atoms with Crippen LogP contribution in [0.3, 0.4) is 0 Å². The van der Waals surface area contributed by atoms with Crippen LogP contribution < -0.4 is 11.3 Å². The van der Waals surface area contributed by atoms with Gasteiger partial charge in [0.15, 0.2) is 0 Å². The molecule has 18 heavy (non-hydrogen) atoms. The summed E-state index contributed by atoms with van der Waals surface area (Å²) >= 11 is 0. The molecule has 0 aliphatic carbocycles. The van der Waals surface area contributed by atoms with Gasteiger partial charge in [-0.1, -0.05) is 0 Å². The number of aliphatic imine (C=N–C) groups is 1. The molecule has 0 saturated carbocycles. The maximum atomic E-state index is 12.8. The van der Waals surface area contributed by atoms with Crippen LogP contribution in [-0.4, -0.2) is 49.4 Å². The quantitative estimate of drug-likeness (QED) is 0.535. The first-order chi connectivity index (χ1) is 8.50. The maximum Gasteiger partial charge on any atom is 0.392 e. The van der Waals surface area contributed by atoms with E-state index < -0.39 is 18.3 Å². The van der Waals surface area contributed by atoms with E-state index in [0.717, 1.165) is 0 Å². The molecule has 3 N–H and O–H groups in total. The van der Waals surface area contributed by atoms with E-state index in [0.29, 0.717) is 26.3 Å². The van der Waals surface area contributed by atoms with E-state index in [2.05, 4.69) is 10.4 Å². The summed E-state index contributed by atoms with van der Waals surface area (Å²) in [5, 5.41) is 0. The Morgan fingerprint density at radius 1 is 1.33 bits per heavy atom. The van der Waals surface area contributed by atoms with Crippen LogP contribution in [-0.2, 0) is 4.74 Å². The Bertz CT molecular complexity index is 315. The molecule has 5 nitrogen and oxygen atoms in total. The number of ether oxygens (including phenoxy) is 1. The van der Waals surface area contributed by atoms with Crippen molar-refractivity contribution in [2.45, 2.75) is 25.2 Å². The van der Waals surface area contributed by atoms with Crippen LogP contribution in [0, 0.1) is 5.92 Å². The monoisotopic (exact) mass is 266 g/mol. The topological polar surface area (TPSA) is 62.9 Å². The van der Waals surface area contributed by atoms with Crippen LogP contribution in [0.15, 0.2) is 4.99 Å². The summed E-state index contributed by atoms with van der Waals surface area (Å²) in [5.41, 5.74) is 2.27. The van der Waals surface area contributed by atoms with Crippen LogP contribution in [0.1, 0.15) is 12.8 Å². The van der Waals surface area contributed by atoms with E-state index in [1.807, 2.05) is 4.90 Å². The fourth-order valence-corrected chi connectivity index (χ4v) is 2.31. The zero-order valence-electron chi connectivity index (χ0n) is 9.91. The predicted octanol–water partition coefficient (Wildman–Crippen LogP) is 0.479. The van der Waals surface area contributed by atoms with Gasteiger partial charge in [-0.3, -0.25) is 9.89 Å². The Balaban J connectivity index is 2.09. The summed E-state index contributed by atoms with van der Waals surface area (Å²) in [7, 11) is 0. The SMILES string of the molecule is NNC1=NC(N2CCOCC2)CC(C(F)(F)F)C1. The molecule has 104 valence electrons. The second-order valence-corrected chi connectivity index (χ2v) is 4.53. The zero-order chi connectivity index (χ0) is 13.2. The van der Waals surface area contributed by atoms with Gasteiger partial charge in [0.1, 0.15) is 12.0 Å². The third kappa shape index (κ3) is 3.12. The van der Waals surface area contributed by atoms with Crippen molar-refractivity contribution < 1.29 is 17.9 Å². The van der Waals surface area contributed by atoms with E-state index in [1.165, 1.54) is 0 Å². The summed E-state index contributed by atoms with van der Waals surface area (Å²) in [6, 6.07) is 0. The number of alkyl halides is 3. The molecule has 8 heteroatoms. The minimum atomic E-state index is -4.21. The van der Waals surface area contributed by atoms with Gasteiger partial charge in [0.25, 0.3) is 0 Å². The second-order valence-electron chi connectivity index (χ2n) is 4.53. The molecule has 2 atom stereocenters. The lowest BCUT2D eigenvalue weighted by Crippen LogP contribution is -2.49. The van der Waals surface area contributed by atoms with Crippen molar-refractivity contribution in [3.05, 3.63) is 0 Å². The number of nitrogens with zero attached hydrogens (tertiary/aromatic N) is 2. The van der Waals surface area contributed by atoms with Crippen molar-refractivity contribution in [1.82, 2.24) is 10.3 Å². The summed E-state index contributed by atoms with van der Waals surface area (Å²) in [6.45, 7) is 2.29. The molecule has 0 radical (unpaired) electrons. The number of rotatable bonds is 1. The maximum absolute atomic E-state index is 12.8. The molecule has 0 aromatic rings. The van der Waals surface area contributed by atoms with Crippen LogP contribution in [0.2, 0.25) is 0 Å². The van der Waals surface area contributed by atoms with Gasteiger partial charge in [-0.15, -0.1) is 0 Å². The molecule has 2 unspecified atom stereocenters. The number of nitrogens with two attached hydrogens (primary N) is 1. The molecule has 1 saturated heterocycles. The Kier molecular flexibility index (Phi) is 4.08.